The van der Waals surface area contributed by atoms with Gasteiger partial charge in [0.2, 0.25) is 0 Å². The number of furan rings is 1. The van der Waals surface area contributed by atoms with E-state index in [1.807, 2.05) is 31.2 Å². The number of halogens is 1. The molecule has 0 saturated carbocycles. The Morgan fingerprint density at radius 3 is 2.90 bits per heavy atom. The van der Waals surface area contributed by atoms with Crippen LogP contribution in [0.1, 0.15) is 11.3 Å². The minimum absolute atomic E-state index is 0.103. The van der Waals surface area contributed by atoms with E-state index < -0.39 is 0 Å². The lowest BCUT2D eigenvalue weighted by Crippen LogP contribution is -1.99. The molecule has 8 heteroatoms. The zero-order valence-corrected chi connectivity index (χ0v) is 11.8. The Balaban J connectivity index is 1.84. The van der Waals surface area contributed by atoms with Crippen molar-refractivity contribution in [2.24, 2.45) is 5.10 Å². The van der Waals surface area contributed by atoms with Crippen LogP contribution in [0.25, 0.3) is 11.3 Å². The number of aromatic nitrogens is 4. The molecule has 2 aromatic heterocycles. The van der Waals surface area contributed by atoms with Crippen LogP contribution < -0.4 is 5.73 Å². The van der Waals surface area contributed by atoms with Crippen LogP contribution in [0.2, 0.25) is 5.02 Å². The van der Waals surface area contributed by atoms with Crippen molar-refractivity contribution in [2.75, 3.05) is 5.73 Å². The summed E-state index contributed by atoms with van der Waals surface area (Å²) >= 11 is 6.01. The molecule has 3 rings (SSSR count). The average Bonchev–Trinajstić information content (AvgIpc) is 3.09. The van der Waals surface area contributed by atoms with Crippen LogP contribution in [0.4, 0.5) is 5.95 Å². The maximum Gasteiger partial charge on any atom is 0.263 e. The number of nitrogen functional groups attached to an aromatic ring is 1. The van der Waals surface area contributed by atoms with E-state index in [1.54, 1.807) is 6.07 Å². The Kier molecular flexibility index (Phi) is 3.41. The zero-order chi connectivity index (χ0) is 14.8. The molecular weight excluding hydrogens is 292 g/mol. The van der Waals surface area contributed by atoms with E-state index in [4.69, 9.17) is 21.8 Å². The molecule has 0 radical (unpaired) electrons. The van der Waals surface area contributed by atoms with Crippen molar-refractivity contribution in [1.82, 2.24) is 20.3 Å². The summed E-state index contributed by atoms with van der Waals surface area (Å²) in [5.74, 6) is 1.39. The molecule has 0 unspecified atom stereocenters. The Hall–Kier alpha value is -2.67. The van der Waals surface area contributed by atoms with Crippen LogP contribution in [0, 0.1) is 6.92 Å². The van der Waals surface area contributed by atoms with Crippen molar-refractivity contribution in [2.45, 2.75) is 6.92 Å². The molecule has 0 amide bonds. The lowest BCUT2D eigenvalue weighted by Gasteiger charge is -2.00. The van der Waals surface area contributed by atoms with Crippen LogP contribution in [0.15, 0.2) is 39.9 Å². The second kappa shape index (κ2) is 5.37. The minimum Gasteiger partial charge on any atom is -0.455 e. The summed E-state index contributed by atoms with van der Waals surface area (Å²) in [7, 11) is 0. The molecule has 21 heavy (non-hydrogen) atoms. The van der Waals surface area contributed by atoms with Gasteiger partial charge in [-0.1, -0.05) is 21.5 Å². The number of hydrogen-bond donors (Lipinski definition) is 1. The maximum atomic E-state index is 6.01. The maximum absolute atomic E-state index is 6.01. The van der Waals surface area contributed by atoms with E-state index in [1.165, 1.54) is 6.21 Å². The highest BCUT2D eigenvalue weighted by atomic mass is 35.5. The average molecular weight is 303 g/mol. The lowest BCUT2D eigenvalue weighted by atomic mass is 10.1. The number of hydrogen-bond acceptors (Lipinski definition) is 6. The largest absolute Gasteiger partial charge is 0.455 e. The molecule has 0 atom stereocenters. The van der Waals surface area contributed by atoms with Crippen LogP contribution >= 0.6 is 11.6 Å². The predicted molar refractivity (Wildman–Crippen MR) is 79.1 cm³/mol. The molecule has 0 saturated heterocycles. The highest BCUT2D eigenvalue weighted by Crippen LogP contribution is 2.26. The molecule has 0 spiro atoms. The molecule has 0 aliphatic heterocycles. The quantitative estimate of drug-likeness (QED) is 0.749. The van der Waals surface area contributed by atoms with Gasteiger partial charge in [0.05, 0.1) is 6.21 Å². The second-order valence-corrected chi connectivity index (χ2v) is 4.74. The molecule has 0 fully saturated rings. The first-order valence-electron chi connectivity index (χ1n) is 6.08. The van der Waals surface area contributed by atoms with Crippen LogP contribution in [-0.4, -0.2) is 26.5 Å². The fourth-order valence-corrected chi connectivity index (χ4v) is 1.88. The van der Waals surface area contributed by atoms with Gasteiger partial charge in [0.25, 0.3) is 5.95 Å². The van der Waals surface area contributed by atoms with E-state index >= 15 is 0 Å². The number of aryl methyl sites for hydroxylation is 1. The van der Waals surface area contributed by atoms with E-state index in [2.05, 4.69) is 20.6 Å². The first-order valence-corrected chi connectivity index (χ1v) is 6.46. The molecule has 3 aromatic rings. The van der Waals surface area contributed by atoms with Crippen molar-refractivity contribution in [1.29, 1.82) is 0 Å². The van der Waals surface area contributed by atoms with Gasteiger partial charge in [0, 0.05) is 10.6 Å². The van der Waals surface area contributed by atoms with Crippen molar-refractivity contribution >= 4 is 23.8 Å². The Labute approximate surface area is 125 Å². The third kappa shape index (κ3) is 2.77. The van der Waals surface area contributed by atoms with Crippen LogP contribution in [0.5, 0.6) is 0 Å². The highest BCUT2D eigenvalue weighted by molar-refractivity contribution is 6.31. The molecule has 2 heterocycles. The number of rotatable bonds is 3. The first-order chi connectivity index (χ1) is 10.1. The standard InChI is InChI=1S/C13H11ClN6O/c1-8-6-9(2-4-11(8)14)12-5-3-10(21-12)7-16-20-13(15)17-18-19-20/h2-7H,1H3,(H2,15,17,19). The Bertz CT molecular complexity index is 807. The summed E-state index contributed by atoms with van der Waals surface area (Å²) in [5.41, 5.74) is 7.43. The topological polar surface area (TPSA) is 95.1 Å². The molecular formula is C13H11ClN6O. The van der Waals surface area contributed by atoms with E-state index in [9.17, 15) is 0 Å². The van der Waals surface area contributed by atoms with Gasteiger partial charge >= 0.3 is 0 Å². The molecule has 7 nitrogen and oxygen atoms in total. The van der Waals surface area contributed by atoms with Gasteiger partial charge in [-0.2, -0.15) is 5.10 Å². The summed E-state index contributed by atoms with van der Waals surface area (Å²) in [6.07, 6.45) is 1.49. The number of nitrogens with two attached hydrogens (primary N) is 1. The molecule has 1 aromatic carbocycles. The molecule has 0 bridgehead atoms. The number of anilines is 1. The van der Waals surface area contributed by atoms with Gasteiger partial charge in [-0.05, 0) is 53.2 Å². The normalized spacial score (nSPS) is 11.3. The molecule has 0 aliphatic rings. The SMILES string of the molecule is Cc1cc(-c2ccc(C=Nn3nnnc3N)o2)ccc1Cl. The summed E-state index contributed by atoms with van der Waals surface area (Å²) in [5, 5.41) is 15.2. The molecule has 2 N–H and O–H groups in total. The van der Waals surface area contributed by atoms with E-state index in [0.29, 0.717) is 5.76 Å². The van der Waals surface area contributed by atoms with Gasteiger partial charge in [-0.3, -0.25) is 0 Å². The van der Waals surface area contributed by atoms with Crippen LogP contribution in [0.3, 0.4) is 0 Å². The van der Waals surface area contributed by atoms with Crippen molar-refractivity contribution in [3.63, 3.8) is 0 Å². The summed E-state index contributed by atoms with van der Waals surface area (Å²) in [6.45, 7) is 1.94. The number of tetrazole rings is 1. The number of benzene rings is 1. The lowest BCUT2D eigenvalue weighted by molar-refractivity contribution is 0.573. The fraction of sp³-hybridized carbons (Fsp3) is 0.0769. The smallest absolute Gasteiger partial charge is 0.263 e. The van der Waals surface area contributed by atoms with Gasteiger partial charge < -0.3 is 10.2 Å². The minimum atomic E-state index is 0.103. The van der Waals surface area contributed by atoms with Gasteiger partial charge in [0.15, 0.2) is 0 Å². The monoisotopic (exact) mass is 302 g/mol. The Morgan fingerprint density at radius 1 is 1.33 bits per heavy atom. The highest BCUT2D eigenvalue weighted by Gasteiger charge is 2.06. The van der Waals surface area contributed by atoms with E-state index in [-0.39, 0.29) is 5.95 Å². The fourth-order valence-electron chi connectivity index (χ4n) is 1.76. The van der Waals surface area contributed by atoms with Crippen molar-refractivity contribution in [3.05, 3.63) is 46.7 Å². The van der Waals surface area contributed by atoms with Gasteiger partial charge in [-0.25, -0.2) is 0 Å². The first kappa shape index (κ1) is 13.3. The number of nitrogens with zero attached hydrogens (tertiary/aromatic N) is 5. The third-order valence-corrected chi connectivity index (χ3v) is 3.26. The van der Waals surface area contributed by atoms with Crippen LogP contribution in [-0.2, 0) is 0 Å². The summed E-state index contributed by atoms with van der Waals surface area (Å²) in [4.78, 5) is 1.11. The van der Waals surface area contributed by atoms with Gasteiger partial charge in [0.1, 0.15) is 11.5 Å². The predicted octanol–water partition coefficient (Wildman–Crippen LogP) is 2.36. The van der Waals surface area contributed by atoms with Crippen molar-refractivity contribution in [3.8, 4) is 11.3 Å². The van der Waals surface area contributed by atoms with Gasteiger partial charge in [-0.15, -0.1) is 0 Å². The van der Waals surface area contributed by atoms with Crippen molar-refractivity contribution < 1.29 is 4.42 Å². The van der Waals surface area contributed by atoms with E-state index in [0.717, 1.165) is 26.7 Å². The third-order valence-electron chi connectivity index (χ3n) is 2.84. The summed E-state index contributed by atoms with van der Waals surface area (Å²) < 4.78 is 5.69. The summed E-state index contributed by atoms with van der Waals surface area (Å²) in [6, 6.07) is 9.34. The molecule has 106 valence electrons. The Morgan fingerprint density at radius 2 is 2.19 bits per heavy atom. The molecule has 0 aliphatic carbocycles. The second-order valence-electron chi connectivity index (χ2n) is 4.34. The zero-order valence-electron chi connectivity index (χ0n) is 11.1.